The Bertz CT molecular complexity index is 861. The second-order valence-electron chi connectivity index (χ2n) is 5.81. The molecule has 24 heavy (non-hydrogen) atoms. The number of aromatic nitrogens is 2. The van der Waals surface area contributed by atoms with E-state index < -0.39 is 0 Å². The van der Waals surface area contributed by atoms with Crippen molar-refractivity contribution < 1.29 is 4.39 Å². The molecule has 4 rings (SSSR count). The third-order valence-corrected chi connectivity index (χ3v) is 4.84. The molecule has 1 aromatic heterocycles. The van der Waals surface area contributed by atoms with Crippen molar-refractivity contribution in [3.8, 4) is 0 Å². The fourth-order valence-corrected chi connectivity index (χ4v) is 3.46. The van der Waals surface area contributed by atoms with Crippen LogP contribution in [-0.2, 0) is 0 Å². The third kappa shape index (κ3) is 2.94. The zero-order valence-corrected chi connectivity index (χ0v) is 14.6. The van der Waals surface area contributed by atoms with Crippen molar-refractivity contribution in [2.24, 2.45) is 0 Å². The van der Waals surface area contributed by atoms with Gasteiger partial charge in [0.25, 0.3) is 0 Å². The van der Waals surface area contributed by atoms with Crippen molar-refractivity contribution in [3.63, 3.8) is 0 Å². The smallest absolute Gasteiger partial charge is 0.140 e. The fourth-order valence-electron chi connectivity index (χ4n) is 3.10. The van der Waals surface area contributed by atoms with E-state index in [1.54, 1.807) is 6.33 Å². The Kier molecular flexibility index (Phi) is 4.06. The molecule has 0 bridgehead atoms. The van der Waals surface area contributed by atoms with Gasteiger partial charge in [-0.2, -0.15) is 0 Å². The van der Waals surface area contributed by atoms with E-state index in [0.29, 0.717) is 0 Å². The van der Waals surface area contributed by atoms with Gasteiger partial charge < -0.3 is 9.80 Å². The Morgan fingerprint density at radius 1 is 0.875 bits per heavy atom. The fraction of sp³-hybridized carbons (Fsp3) is 0.222. The minimum Gasteiger partial charge on any atom is -0.368 e. The van der Waals surface area contributed by atoms with E-state index in [-0.39, 0.29) is 5.82 Å². The topological polar surface area (TPSA) is 32.3 Å². The van der Waals surface area contributed by atoms with Crippen LogP contribution in [0.4, 0.5) is 15.9 Å². The first kappa shape index (κ1) is 15.3. The van der Waals surface area contributed by atoms with Crippen molar-refractivity contribution in [2.45, 2.75) is 0 Å². The molecule has 0 N–H and O–H groups in total. The molecule has 1 aliphatic heterocycles. The number of hydrogen-bond acceptors (Lipinski definition) is 4. The number of halogens is 2. The van der Waals surface area contributed by atoms with Gasteiger partial charge in [0, 0.05) is 41.7 Å². The molecule has 3 aromatic rings. The normalized spacial score (nSPS) is 15.1. The number of nitrogens with zero attached hydrogens (tertiary/aromatic N) is 4. The van der Waals surface area contributed by atoms with Crippen molar-refractivity contribution in [1.29, 1.82) is 0 Å². The van der Waals surface area contributed by atoms with E-state index in [2.05, 4.69) is 41.8 Å². The lowest BCUT2D eigenvalue weighted by molar-refractivity contribution is 0.624. The first-order valence-corrected chi connectivity index (χ1v) is 8.66. The van der Waals surface area contributed by atoms with Crippen molar-refractivity contribution in [3.05, 3.63) is 59.1 Å². The van der Waals surface area contributed by atoms with Gasteiger partial charge in [-0.05, 0) is 42.5 Å². The highest BCUT2D eigenvalue weighted by Gasteiger charge is 2.20. The molecule has 0 amide bonds. The van der Waals surface area contributed by atoms with Crippen molar-refractivity contribution in [2.75, 3.05) is 36.0 Å². The second-order valence-corrected chi connectivity index (χ2v) is 6.72. The molecule has 1 fully saturated rings. The molecule has 2 heterocycles. The highest BCUT2D eigenvalue weighted by atomic mass is 79.9. The maximum absolute atomic E-state index is 13.1. The molecule has 0 radical (unpaired) electrons. The van der Waals surface area contributed by atoms with Crippen LogP contribution in [0.2, 0.25) is 0 Å². The second kappa shape index (κ2) is 6.36. The van der Waals surface area contributed by atoms with E-state index in [4.69, 9.17) is 0 Å². The van der Waals surface area contributed by atoms with Gasteiger partial charge in [-0.25, -0.2) is 14.4 Å². The molecule has 0 saturated carbocycles. The molecule has 1 aliphatic rings. The van der Waals surface area contributed by atoms with Gasteiger partial charge in [-0.1, -0.05) is 15.9 Å². The third-order valence-electron chi connectivity index (χ3n) is 4.35. The molecule has 0 aliphatic carbocycles. The molecule has 0 unspecified atom stereocenters. The van der Waals surface area contributed by atoms with Crippen LogP contribution in [0.3, 0.4) is 0 Å². The maximum Gasteiger partial charge on any atom is 0.140 e. The summed E-state index contributed by atoms with van der Waals surface area (Å²) in [6.07, 6.45) is 1.62. The van der Waals surface area contributed by atoms with E-state index in [1.807, 2.05) is 24.3 Å². The summed E-state index contributed by atoms with van der Waals surface area (Å²) in [5, 5.41) is 1.06. The van der Waals surface area contributed by atoms with Gasteiger partial charge in [-0.3, -0.25) is 0 Å². The number of anilines is 2. The lowest BCUT2D eigenvalue weighted by atomic mass is 10.2. The molecule has 0 spiro atoms. The Morgan fingerprint density at radius 2 is 1.58 bits per heavy atom. The Labute approximate surface area is 148 Å². The molecule has 6 heteroatoms. The van der Waals surface area contributed by atoms with Gasteiger partial charge in [0.1, 0.15) is 18.0 Å². The molecular weight excluding hydrogens is 371 g/mol. The van der Waals surface area contributed by atoms with E-state index in [9.17, 15) is 4.39 Å². The van der Waals surface area contributed by atoms with Gasteiger partial charge >= 0.3 is 0 Å². The van der Waals surface area contributed by atoms with Crippen LogP contribution in [-0.4, -0.2) is 36.1 Å². The van der Waals surface area contributed by atoms with Crippen LogP contribution in [0.25, 0.3) is 10.9 Å². The predicted molar refractivity (Wildman–Crippen MR) is 98.1 cm³/mol. The average Bonchev–Trinajstić information content (AvgIpc) is 2.62. The quantitative estimate of drug-likeness (QED) is 0.669. The van der Waals surface area contributed by atoms with Crippen LogP contribution in [0.1, 0.15) is 0 Å². The Hall–Kier alpha value is -2.21. The predicted octanol–water partition coefficient (Wildman–Crippen LogP) is 3.86. The standard InChI is InChI=1S/C18H16BrFN4/c19-13-1-6-17-16(11-13)18(22-12-21-17)24-9-7-23(8-10-24)15-4-2-14(20)3-5-15/h1-6,11-12H,7-10H2. The summed E-state index contributed by atoms with van der Waals surface area (Å²) in [5.41, 5.74) is 2.01. The molecule has 1 saturated heterocycles. The number of hydrogen-bond donors (Lipinski definition) is 0. The minimum atomic E-state index is -0.199. The summed E-state index contributed by atoms with van der Waals surface area (Å²) in [5.74, 6) is 0.774. The number of benzene rings is 2. The van der Waals surface area contributed by atoms with E-state index >= 15 is 0 Å². The van der Waals surface area contributed by atoms with Crippen LogP contribution in [0, 0.1) is 5.82 Å². The van der Waals surface area contributed by atoms with Gasteiger partial charge in [0.05, 0.1) is 5.52 Å². The largest absolute Gasteiger partial charge is 0.368 e. The molecule has 122 valence electrons. The summed E-state index contributed by atoms with van der Waals surface area (Å²) in [4.78, 5) is 13.4. The summed E-state index contributed by atoms with van der Waals surface area (Å²) >= 11 is 3.52. The highest BCUT2D eigenvalue weighted by molar-refractivity contribution is 9.10. The zero-order valence-electron chi connectivity index (χ0n) is 13.0. The van der Waals surface area contributed by atoms with Crippen LogP contribution in [0.5, 0.6) is 0 Å². The van der Waals surface area contributed by atoms with Crippen LogP contribution in [0.15, 0.2) is 53.3 Å². The van der Waals surface area contributed by atoms with Crippen molar-refractivity contribution in [1.82, 2.24) is 9.97 Å². The van der Waals surface area contributed by atoms with Gasteiger partial charge in [0.15, 0.2) is 0 Å². The summed E-state index contributed by atoms with van der Waals surface area (Å²) in [6.45, 7) is 3.50. The molecule has 2 aromatic carbocycles. The first-order valence-electron chi connectivity index (χ1n) is 7.86. The zero-order chi connectivity index (χ0) is 16.5. The minimum absolute atomic E-state index is 0.199. The lowest BCUT2D eigenvalue weighted by Crippen LogP contribution is -2.46. The maximum atomic E-state index is 13.1. The Morgan fingerprint density at radius 3 is 2.33 bits per heavy atom. The van der Waals surface area contributed by atoms with E-state index in [1.165, 1.54) is 12.1 Å². The summed E-state index contributed by atoms with van der Waals surface area (Å²) < 4.78 is 14.1. The van der Waals surface area contributed by atoms with Gasteiger partial charge in [-0.15, -0.1) is 0 Å². The molecule has 0 atom stereocenters. The number of rotatable bonds is 2. The lowest BCUT2D eigenvalue weighted by Gasteiger charge is -2.37. The highest BCUT2D eigenvalue weighted by Crippen LogP contribution is 2.27. The monoisotopic (exact) mass is 386 g/mol. The van der Waals surface area contributed by atoms with Gasteiger partial charge in [0.2, 0.25) is 0 Å². The van der Waals surface area contributed by atoms with Crippen LogP contribution >= 0.6 is 15.9 Å². The number of fused-ring (bicyclic) bond motifs is 1. The van der Waals surface area contributed by atoms with E-state index in [0.717, 1.165) is 53.1 Å². The number of piperazine rings is 1. The molecule has 4 nitrogen and oxygen atoms in total. The SMILES string of the molecule is Fc1ccc(N2CCN(c3ncnc4ccc(Br)cc34)CC2)cc1. The van der Waals surface area contributed by atoms with Crippen molar-refractivity contribution >= 4 is 38.3 Å². The Balaban J connectivity index is 1.56. The van der Waals surface area contributed by atoms with Crippen LogP contribution < -0.4 is 9.80 Å². The first-order chi connectivity index (χ1) is 11.7. The average molecular weight is 387 g/mol. The molecular formula is C18H16BrFN4. The summed E-state index contributed by atoms with van der Waals surface area (Å²) in [7, 11) is 0. The summed E-state index contributed by atoms with van der Waals surface area (Å²) in [6, 6.07) is 12.8.